The molecule has 0 aliphatic heterocycles. The Hall–Kier alpha value is -1.54. The van der Waals surface area contributed by atoms with E-state index in [4.69, 9.17) is 11.6 Å². The lowest BCUT2D eigenvalue weighted by Gasteiger charge is -2.21. The second-order valence-corrected chi connectivity index (χ2v) is 9.69. The molecule has 0 aromatic heterocycles. The molecule has 5 nitrogen and oxygen atoms in total. The zero-order valence-electron chi connectivity index (χ0n) is 16.1. The van der Waals surface area contributed by atoms with Gasteiger partial charge in [0.2, 0.25) is 15.9 Å². The van der Waals surface area contributed by atoms with Crippen molar-refractivity contribution in [3.63, 3.8) is 0 Å². The summed E-state index contributed by atoms with van der Waals surface area (Å²) in [7, 11) is -3.80. The van der Waals surface area contributed by atoms with Crippen LogP contribution in [-0.4, -0.2) is 32.4 Å². The van der Waals surface area contributed by atoms with Crippen LogP contribution in [0.15, 0.2) is 53.4 Å². The van der Waals surface area contributed by atoms with E-state index in [-0.39, 0.29) is 16.8 Å². The number of rotatable bonds is 9. The van der Waals surface area contributed by atoms with E-state index in [1.165, 1.54) is 12.1 Å². The van der Waals surface area contributed by atoms with Gasteiger partial charge in [-0.2, -0.15) is 16.5 Å². The molecule has 2 atom stereocenters. The van der Waals surface area contributed by atoms with Gasteiger partial charge in [-0.15, -0.1) is 0 Å². The Labute approximate surface area is 176 Å². The predicted molar refractivity (Wildman–Crippen MR) is 116 cm³/mol. The molecule has 0 fully saturated rings. The normalized spacial score (nSPS) is 13.7. The van der Waals surface area contributed by atoms with Gasteiger partial charge in [0.25, 0.3) is 0 Å². The van der Waals surface area contributed by atoms with Crippen molar-refractivity contribution in [1.29, 1.82) is 0 Å². The van der Waals surface area contributed by atoms with E-state index in [9.17, 15) is 13.2 Å². The molecule has 28 heavy (non-hydrogen) atoms. The van der Waals surface area contributed by atoms with Crippen molar-refractivity contribution in [3.8, 4) is 0 Å². The van der Waals surface area contributed by atoms with Crippen molar-refractivity contribution >= 4 is 39.3 Å². The Bertz CT molecular complexity index is 902. The second-order valence-electron chi connectivity index (χ2n) is 6.55. The first kappa shape index (κ1) is 22.7. The minimum absolute atomic E-state index is 0.142. The highest BCUT2D eigenvalue weighted by Gasteiger charge is 2.26. The number of amides is 1. The van der Waals surface area contributed by atoms with Gasteiger partial charge in [-0.05, 0) is 62.1 Å². The van der Waals surface area contributed by atoms with E-state index >= 15 is 0 Å². The summed E-state index contributed by atoms with van der Waals surface area (Å²) in [6.45, 7) is 3.72. The van der Waals surface area contributed by atoms with Gasteiger partial charge in [0.15, 0.2) is 0 Å². The molecular weight excluding hydrogens is 416 g/mol. The van der Waals surface area contributed by atoms with Crippen LogP contribution in [0.3, 0.4) is 0 Å². The molecule has 0 aliphatic rings. The molecule has 2 unspecified atom stereocenters. The van der Waals surface area contributed by atoms with E-state index in [0.717, 1.165) is 11.1 Å². The van der Waals surface area contributed by atoms with Crippen molar-refractivity contribution in [1.82, 2.24) is 10.0 Å². The zero-order valence-corrected chi connectivity index (χ0v) is 18.5. The van der Waals surface area contributed by atoms with Gasteiger partial charge in [0, 0.05) is 5.02 Å². The number of hydrogen-bond donors (Lipinski definition) is 2. The average molecular weight is 441 g/mol. The van der Waals surface area contributed by atoms with Crippen LogP contribution < -0.4 is 10.0 Å². The minimum Gasteiger partial charge on any atom is -0.348 e. The van der Waals surface area contributed by atoms with Gasteiger partial charge in [0.1, 0.15) is 6.04 Å². The van der Waals surface area contributed by atoms with E-state index in [1.54, 1.807) is 36.0 Å². The number of sulfonamides is 1. The molecule has 0 saturated heterocycles. The van der Waals surface area contributed by atoms with Crippen molar-refractivity contribution in [3.05, 3.63) is 64.7 Å². The Morgan fingerprint density at radius 3 is 2.46 bits per heavy atom. The molecule has 0 saturated carbocycles. The third-order valence-corrected chi connectivity index (χ3v) is 6.63. The van der Waals surface area contributed by atoms with E-state index in [2.05, 4.69) is 10.0 Å². The van der Waals surface area contributed by atoms with Crippen LogP contribution in [0, 0.1) is 6.92 Å². The topological polar surface area (TPSA) is 75.3 Å². The molecule has 2 rings (SSSR count). The summed E-state index contributed by atoms with van der Waals surface area (Å²) in [5.74, 6) is 0.289. The van der Waals surface area contributed by atoms with Gasteiger partial charge in [-0.1, -0.05) is 41.4 Å². The standard InChI is InChI=1S/C20H25ClN2O3S2/c1-14-7-9-18(10-8-14)28(25,26)23-19(11-12-27-3)20(24)22-15(2)16-5-4-6-17(21)13-16/h4-10,13,15,19,23H,11-12H2,1-3H3,(H,22,24). The maximum Gasteiger partial charge on any atom is 0.241 e. The van der Waals surface area contributed by atoms with Crippen LogP contribution in [0.25, 0.3) is 0 Å². The zero-order chi connectivity index (χ0) is 20.7. The fraction of sp³-hybridized carbons (Fsp3) is 0.350. The number of aryl methyl sites for hydroxylation is 1. The molecule has 0 heterocycles. The smallest absolute Gasteiger partial charge is 0.241 e. The van der Waals surface area contributed by atoms with Crippen LogP contribution >= 0.6 is 23.4 Å². The summed E-state index contributed by atoms with van der Waals surface area (Å²) in [4.78, 5) is 12.9. The van der Waals surface area contributed by atoms with E-state index in [1.807, 2.05) is 32.2 Å². The second kappa shape index (κ2) is 10.3. The average Bonchev–Trinajstić information content (AvgIpc) is 2.65. The molecule has 8 heteroatoms. The Morgan fingerprint density at radius 2 is 1.86 bits per heavy atom. The van der Waals surface area contributed by atoms with Crippen molar-refractivity contribution in [2.75, 3.05) is 12.0 Å². The molecule has 152 valence electrons. The summed E-state index contributed by atoms with van der Waals surface area (Å²) in [6.07, 6.45) is 2.30. The minimum atomic E-state index is -3.80. The van der Waals surface area contributed by atoms with Gasteiger partial charge >= 0.3 is 0 Å². The van der Waals surface area contributed by atoms with Crippen LogP contribution in [0.5, 0.6) is 0 Å². The van der Waals surface area contributed by atoms with Crippen LogP contribution in [-0.2, 0) is 14.8 Å². The number of hydrogen-bond acceptors (Lipinski definition) is 4. The predicted octanol–water partition coefficient (Wildman–Crippen LogP) is 3.93. The van der Waals surface area contributed by atoms with Crippen molar-refractivity contribution in [2.45, 2.75) is 37.2 Å². The maximum absolute atomic E-state index is 12.8. The lowest BCUT2D eigenvalue weighted by Crippen LogP contribution is -2.47. The number of halogens is 1. The number of thioether (sulfide) groups is 1. The van der Waals surface area contributed by atoms with Crippen LogP contribution in [0.1, 0.15) is 30.5 Å². The summed E-state index contributed by atoms with van der Waals surface area (Å²) >= 11 is 7.57. The number of carbonyl (C=O) groups excluding carboxylic acids is 1. The molecule has 2 aromatic carbocycles. The monoisotopic (exact) mass is 440 g/mol. The summed E-state index contributed by atoms with van der Waals surface area (Å²) < 4.78 is 28.0. The molecule has 0 spiro atoms. The highest BCUT2D eigenvalue weighted by molar-refractivity contribution is 7.98. The Morgan fingerprint density at radius 1 is 1.18 bits per heavy atom. The summed E-state index contributed by atoms with van der Waals surface area (Å²) in [5.41, 5.74) is 1.82. The van der Waals surface area contributed by atoms with Crippen molar-refractivity contribution < 1.29 is 13.2 Å². The maximum atomic E-state index is 12.8. The van der Waals surface area contributed by atoms with Gasteiger partial charge in [-0.3, -0.25) is 4.79 Å². The molecule has 2 N–H and O–H groups in total. The molecule has 0 aliphatic carbocycles. The first-order valence-electron chi connectivity index (χ1n) is 8.86. The molecule has 1 amide bonds. The van der Waals surface area contributed by atoms with Gasteiger partial charge in [-0.25, -0.2) is 8.42 Å². The summed E-state index contributed by atoms with van der Waals surface area (Å²) in [5, 5.41) is 3.46. The van der Waals surface area contributed by atoms with Crippen LogP contribution in [0.4, 0.5) is 0 Å². The molecule has 0 bridgehead atoms. The third-order valence-electron chi connectivity index (χ3n) is 4.26. The van der Waals surface area contributed by atoms with Gasteiger partial charge < -0.3 is 5.32 Å². The lowest BCUT2D eigenvalue weighted by atomic mass is 10.1. The quantitative estimate of drug-likeness (QED) is 0.619. The van der Waals surface area contributed by atoms with E-state index in [0.29, 0.717) is 17.2 Å². The molecular formula is C20H25ClN2O3S2. The molecule has 0 radical (unpaired) electrons. The highest BCUT2D eigenvalue weighted by atomic mass is 35.5. The number of carbonyl (C=O) groups is 1. The first-order chi connectivity index (χ1) is 13.2. The largest absolute Gasteiger partial charge is 0.348 e. The third kappa shape index (κ3) is 6.51. The molecule has 2 aromatic rings. The Kier molecular flexibility index (Phi) is 8.37. The first-order valence-corrected chi connectivity index (χ1v) is 12.1. The number of nitrogens with one attached hydrogen (secondary N) is 2. The fourth-order valence-electron chi connectivity index (χ4n) is 2.63. The number of benzene rings is 2. The van der Waals surface area contributed by atoms with E-state index < -0.39 is 16.1 Å². The highest BCUT2D eigenvalue weighted by Crippen LogP contribution is 2.18. The Balaban J connectivity index is 2.15. The van der Waals surface area contributed by atoms with Gasteiger partial charge in [0.05, 0.1) is 10.9 Å². The fourth-order valence-corrected chi connectivity index (χ4v) is 4.53. The van der Waals surface area contributed by atoms with Crippen LogP contribution in [0.2, 0.25) is 5.02 Å². The lowest BCUT2D eigenvalue weighted by molar-refractivity contribution is -0.123. The summed E-state index contributed by atoms with van der Waals surface area (Å²) in [6, 6.07) is 12.6. The SMILES string of the molecule is CSCCC(NS(=O)(=O)c1ccc(C)cc1)C(=O)NC(C)c1cccc(Cl)c1. The van der Waals surface area contributed by atoms with Crippen molar-refractivity contribution in [2.24, 2.45) is 0 Å².